The van der Waals surface area contributed by atoms with Crippen LogP contribution in [0.3, 0.4) is 0 Å². The molecule has 0 unspecified atom stereocenters. The molecular formula is C27H27Cl2NO2. The molecule has 0 atom stereocenters. The summed E-state index contributed by atoms with van der Waals surface area (Å²) < 4.78 is 12.3. The maximum atomic E-state index is 6.17. The molecule has 0 radical (unpaired) electrons. The Morgan fingerprint density at radius 3 is 1.59 bits per heavy atom. The van der Waals surface area contributed by atoms with E-state index >= 15 is 0 Å². The molecule has 0 amide bonds. The topological polar surface area (TPSA) is 38.3 Å². The summed E-state index contributed by atoms with van der Waals surface area (Å²) in [7, 11) is 1.99. The lowest BCUT2D eigenvalue weighted by atomic mass is 9.93. The minimum absolute atomic E-state index is 0.428. The van der Waals surface area contributed by atoms with Gasteiger partial charge < -0.3 is 14.2 Å². The molecule has 0 saturated heterocycles. The van der Waals surface area contributed by atoms with E-state index in [4.69, 9.17) is 32.0 Å². The van der Waals surface area contributed by atoms with Crippen molar-refractivity contribution in [3.8, 4) is 22.6 Å². The van der Waals surface area contributed by atoms with Gasteiger partial charge in [0.25, 0.3) is 0 Å². The Bertz CT molecular complexity index is 1030. The zero-order valence-electron chi connectivity index (χ0n) is 18.1. The van der Waals surface area contributed by atoms with Crippen molar-refractivity contribution in [2.45, 2.75) is 25.7 Å². The molecule has 166 valence electrons. The van der Waals surface area contributed by atoms with Crippen LogP contribution in [0.2, 0.25) is 10.0 Å². The molecule has 0 fully saturated rings. The lowest BCUT2D eigenvalue weighted by Crippen LogP contribution is -2.13. The predicted molar refractivity (Wildman–Crippen MR) is 132 cm³/mol. The van der Waals surface area contributed by atoms with E-state index in [0.717, 1.165) is 76.4 Å². The Hall–Kier alpha value is -2.46. The summed E-state index contributed by atoms with van der Waals surface area (Å²) in [5.74, 6) is 4.15. The molecule has 3 nitrogen and oxygen atoms in total. The van der Waals surface area contributed by atoms with E-state index in [0.29, 0.717) is 5.92 Å². The van der Waals surface area contributed by atoms with E-state index in [2.05, 4.69) is 17.4 Å². The first-order valence-corrected chi connectivity index (χ1v) is 11.7. The van der Waals surface area contributed by atoms with E-state index in [-0.39, 0.29) is 0 Å². The van der Waals surface area contributed by atoms with E-state index in [9.17, 15) is 0 Å². The van der Waals surface area contributed by atoms with Crippen molar-refractivity contribution in [3.63, 3.8) is 0 Å². The van der Waals surface area contributed by atoms with Crippen LogP contribution in [0.15, 0.2) is 81.6 Å². The van der Waals surface area contributed by atoms with Crippen LogP contribution in [0.4, 0.5) is 0 Å². The third kappa shape index (κ3) is 6.07. The van der Waals surface area contributed by atoms with E-state index < -0.39 is 0 Å². The van der Waals surface area contributed by atoms with Gasteiger partial charge in [-0.15, -0.1) is 0 Å². The maximum Gasteiger partial charge on any atom is 0.134 e. The number of benzene rings is 2. The number of hydrogen-bond acceptors (Lipinski definition) is 3. The second kappa shape index (κ2) is 10.9. The smallest absolute Gasteiger partial charge is 0.134 e. The van der Waals surface area contributed by atoms with Crippen LogP contribution in [0.25, 0.3) is 22.6 Å². The van der Waals surface area contributed by atoms with Crippen molar-refractivity contribution in [2.75, 3.05) is 13.6 Å². The van der Waals surface area contributed by atoms with Crippen LogP contribution in [0.1, 0.15) is 24.4 Å². The van der Waals surface area contributed by atoms with Crippen LogP contribution in [0.5, 0.6) is 0 Å². The first-order valence-electron chi connectivity index (χ1n) is 10.9. The lowest BCUT2D eigenvalue weighted by molar-refractivity contribution is 0.381. The highest BCUT2D eigenvalue weighted by molar-refractivity contribution is 6.30. The quantitative estimate of drug-likeness (QED) is 0.240. The van der Waals surface area contributed by atoms with Crippen LogP contribution < -0.4 is 5.32 Å². The van der Waals surface area contributed by atoms with Crippen molar-refractivity contribution in [1.82, 2.24) is 5.32 Å². The van der Waals surface area contributed by atoms with Crippen molar-refractivity contribution in [1.29, 1.82) is 0 Å². The van der Waals surface area contributed by atoms with Gasteiger partial charge in [0, 0.05) is 34.0 Å². The van der Waals surface area contributed by atoms with Gasteiger partial charge >= 0.3 is 0 Å². The van der Waals surface area contributed by atoms with Gasteiger partial charge in [0.1, 0.15) is 23.0 Å². The lowest BCUT2D eigenvalue weighted by Gasteiger charge is -2.14. The van der Waals surface area contributed by atoms with Crippen LogP contribution >= 0.6 is 23.2 Å². The Kier molecular flexibility index (Phi) is 7.75. The molecule has 2 aromatic heterocycles. The SMILES string of the molecule is CNCCCC(Cc1ccc(-c2ccc(Cl)cc2)o1)Cc1ccc(-c2ccc(Cl)cc2)o1. The molecule has 0 bridgehead atoms. The van der Waals surface area contributed by atoms with Crippen molar-refractivity contribution < 1.29 is 8.83 Å². The van der Waals surface area contributed by atoms with Gasteiger partial charge in [-0.05, 0) is 105 Å². The molecular weight excluding hydrogens is 441 g/mol. The van der Waals surface area contributed by atoms with Gasteiger partial charge in [0.05, 0.1) is 0 Å². The molecule has 2 aromatic carbocycles. The van der Waals surface area contributed by atoms with E-state index in [1.807, 2.05) is 67.7 Å². The summed E-state index contributed by atoms with van der Waals surface area (Å²) in [4.78, 5) is 0. The van der Waals surface area contributed by atoms with Crippen LogP contribution in [-0.4, -0.2) is 13.6 Å². The number of furan rings is 2. The third-order valence-electron chi connectivity index (χ3n) is 5.60. The summed E-state index contributed by atoms with van der Waals surface area (Å²) in [5.41, 5.74) is 2.07. The summed E-state index contributed by atoms with van der Waals surface area (Å²) in [6, 6.07) is 23.7. The Labute approximate surface area is 199 Å². The molecule has 0 aliphatic heterocycles. The van der Waals surface area contributed by atoms with E-state index in [1.165, 1.54) is 0 Å². The fourth-order valence-electron chi connectivity index (χ4n) is 3.93. The molecule has 0 aliphatic carbocycles. The van der Waals surface area contributed by atoms with Gasteiger partial charge in [0.15, 0.2) is 0 Å². The molecule has 4 aromatic rings. The third-order valence-corrected chi connectivity index (χ3v) is 6.10. The van der Waals surface area contributed by atoms with Crippen molar-refractivity contribution in [2.24, 2.45) is 5.92 Å². The maximum absolute atomic E-state index is 6.17. The van der Waals surface area contributed by atoms with Gasteiger partial charge in [-0.25, -0.2) is 0 Å². The fraction of sp³-hybridized carbons (Fsp3) is 0.259. The Balaban J connectivity index is 1.45. The molecule has 32 heavy (non-hydrogen) atoms. The molecule has 0 aliphatic rings. The average Bonchev–Trinajstić information content (AvgIpc) is 3.45. The zero-order valence-corrected chi connectivity index (χ0v) is 19.6. The molecule has 5 heteroatoms. The van der Waals surface area contributed by atoms with Crippen LogP contribution in [0, 0.1) is 5.92 Å². The van der Waals surface area contributed by atoms with Gasteiger partial charge in [-0.1, -0.05) is 23.2 Å². The summed E-state index contributed by atoms with van der Waals surface area (Å²) in [6.45, 7) is 0.999. The molecule has 2 heterocycles. The molecule has 0 saturated carbocycles. The summed E-state index contributed by atoms with van der Waals surface area (Å²) in [5, 5.41) is 4.69. The van der Waals surface area contributed by atoms with Gasteiger partial charge in [0.2, 0.25) is 0 Å². The highest BCUT2D eigenvalue weighted by Gasteiger charge is 2.16. The van der Waals surface area contributed by atoms with Crippen molar-refractivity contribution in [3.05, 3.63) is 94.4 Å². The van der Waals surface area contributed by atoms with Crippen molar-refractivity contribution >= 4 is 23.2 Å². The normalized spacial score (nSPS) is 11.4. The zero-order chi connectivity index (χ0) is 22.3. The highest BCUT2D eigenvalue weighted by Crippen LogP contribution is 2.29. The number of hydrogen-bond donors (Lipinski definition) is 1. The van der Waals surface area contributed by atoms with E-state index in [1.54, 1.807) is 0 Å². The second-order valence-electron chi connectivity index (χ2n) is 8.07. The molecule has 1 N–H and O–H groups in total. The molecule has 4 rings (SSSR count). The minimum Gasteiger partial charge on any atom is -0.461 e. The fourth-order valence-corrected chi connectivity index (χ4v) is 4.18. The molecule has 0 spiro atoms. The summed E-state index contributed by atoms with van der Waals surface area (Å²) >= 11 is 12.0. The standard InChI is InChI=1S/C27H27Cl2NO2/c1-30-16-2-3-19(17-24-12-14-26(31-24)20-4-8-22(28)9-5-20)18-25-13-15-27(32-25)21-6-10-23(29)11-7-21/h4-15,19,30H,2-3,16-18H2,1H3. The number of nitrogens with one attached hydrogen (secondary N) is 1. The monoisotopic (exact) mass is 467 g/mol. The Morgan fingerprint density at radius 1 is 0.688 bits per heavy atom. The highest BCUT2D eigenvalue weighted by atomic mass is 35.5. The Morgan fingerprint density at radius 2 is 1.16 bits per heavy atom. The average molecular weight is 468 g/mol. The number of halogens is 2. The minimum atomic E-state index is 0.428. The van der Waals surface area contributed by atoms with Crippen LogP contribution in [-0.2, 0) is 12.8 Å². The summed E-state index contributed by atoms with van der Waals surface area (Å²) in [6.07, 6.45) is 3.94. The van der Waals surface area contributed by atoms with Gasteiger partial charge in [-0.2, -0.15) is 0 Å². The predicted octanol–water partition coefficient (Wildman–Crippen LogP) is 7.91. The number of rotatable bonds is 10. The van der Waals surface area contributed by atoms with Gasteiger partial charge in [-0.3, -0.25) is 0 Å². The first-order chi connectivity index (χ1) is 15.6. The largest absolute Gasteiger partial charge is 0.461 e. The second-order valence-corrected chi connectivity index (χ2v) is 8.94. The first kappa shape index (κ1) is 22.7.